The predicted molar refractivity (Wildman–Crippen MR) is 91.5 cm³/mol. The van der Waals surface area contributed by atoms with E-state index in [4.69, 9.17) is 0 Å². The van der Waals surface area contributed by atoms with Crippen LogP contribution in [-0.4, -0.2) is 16.5 Å². The van der Waals surface area contributed by atoms with Crippen LogP contribution in [0.5, 0.6) is 0 Å². The average Bonchev–Trinajstić information content (AvgIpc) is 2.38. The first-order chi connectivity index (χ1) is 9.02. The van der Waals surface area contributed by atoms with E-state index in [1.165, 1.54) is 5.56 Å². The Hall–Kier alpha value is -0.690. The van der Waals surface area contributed by atoms with Crippen LogP contribution in [0.25, 0.3) is 11.4 Å². The molecule has 0 fully saturated rings. The number of nitrogens with one attached hydrogen (secondary N) is 1. The Bertz CT molecular complexity index is 614. The van der Waals surface area contributed by atoms with Crippen molar-refractivity contribution < 1.29 is 0 Å². The minimum absolute atomic E-state index is 0.768. The molecule has 2 rings (SSSR count). The van der Waals surface area contributed by atoms with E-state index in [0.717, 1.165) is 37.5 Å². The second-order valence-electron chi connectivity index (χ2n) is 4.29. The molecule has 0 atom stereocenters. The number of aryl methyl sites for hydroxylation is 2. The summed E-state index contributed by atoms with van der Waals surface area (Å²) in [6.07, 6.45) is 0. The lowest BCUT2D eigenvalue weighted by Gasteiger charge is -2.10. The normalized spacial score (nSPS) is 10.6. The molecule has 0 unspecified atom stereocenters. The largest absolute Gasteiger partial charge is 0.369 e. The quantitative estimate of drug-likeness (QED) is 0.724. The monoisotopic (exact) mass is 431 g/mol. The van der Waals surface area contributed by atoms with Gasteiger partial charge in [-0.1, -0.05) is 22.0 Å². The van der Waals surface area contributed by atoms with E-state index in [1.807, 2.05) is 19.1 Å². The molecule has 100 valence electrons. The van der Waals surface area contributed by atoms with Crippen molar-refractivity contribution >= 4 is 44.3 Å². The standard InChI is InChI=1S/C14H15BrIN3/c1-4-17-14-12(16)9(3)18-13(19-14)10-5-6-11(15)8(2)7-10/h5-7H,4H2,1-3H3,(H,17,18,19). The Morgan fingerprint density at radius 2 is 2.00 bits per heavy atom. The number of aromatic nitrogens is 2. The molecule has 0 spiro atoms. The van der Waals surface area contributed by atoms with Gasteiger partial charge in [0.05, 0.1) is 9.26 Å². The lowest BCUT2D eigenvalue weighted by Crippen LogP contribution is -2.06. The Morgan fingerprint density at radius 1 is 1.26 bits per heavy atom. The van der Waals surface area contributed by atoms with Crippen LogP contribution in [0, 0.1) is 17.4 Å². The van der Waals surface area contributed by atoms with Crippen molar-refractivity contribution in [2.75, 3.05) is 11.9 Å². The highest BCUT2D eigenvalue weighted by Gasteiger charge is 2.10. The van der Waals surface area contributed by atoms with E-state index < -0.39 is 0 Å². The third-order valence-corrected chi connectivity index (χ3v) is 4.96. The van der Waals surface area contributed by atoms with Crippen molar-refractivity contribution in [3.63, 3.8) is 0 Å². The average molecular weight is 432 g/mol. The van der Waals surface area contributed by atoms with Gasteiger partial charge in [-0.25, -0.2) is 9.97 Å². The number of halogens is 2. The van der Waals surface area contributed by atoms with Crippen LogP contribution >= 0.6 is 38.5 Å². The minimum atomic E-state index is 0.768. The summed E-state index contributed by atoms with van der Waals surface area (Å²) in [4.78, 5) is 9.20. The summed E-state index contributed by atoms with van der Waals surface area (Å²) in [7, 11) is 0. The molecule has 1 N–H and O–H groups in total. The van der Waals surface area contributed by atoms with Crippen LogP contribution in [0.2, 0.25) is 0 Å². The highest BCUT2D eigenvalue weighted by atomic mass is 127. The van der Waals surface area contributed by atoms with Crippen molar-refractivity contribution in [3.05, 3.63) is 37.5 Å². The molecule has 0 aliphatic rings. The van der Waals surface area contributed by atoms with E-state index >= 15 is 0 Å². The Balaban J connectivity index is 2.52. The summed E-state index contributed by atoms with van der Waals surface area (Å²) < 4.78 is 2.18. The Morgan fingerprint density at radius 3 is 2.63 bits per heavy atom. The molecular formula is C14H15BrIN3. The van der Waals surface area contributed by atoms with Gasteiger partial charge in [0.2, 0.25) is 0 Å². The first-order valence-corrected chi connectivity index (χ1v) is 7.94. The zero-order valence-electron chi connectivity index (χ0n) is 11.1. The number of anilines is 1. The van der Waals surface area contributed by atoms with Gasteiger partial charge in [-0.15, -0.1) is 0 Å². The van der Waals surface area contributed by atoms with Gasteiger partial charge in [-0.05, 0) is 61.1 Å². The zero-order valence-corrected chi connectivity index (χ0v) is 14.8. The molecule has 1 aromatic heterocycles. The fourth-order valence-corrected chi connectivity index (χ4v) is 2.44. The zero-order chi connectivity index (χ0) is 14.0. The Labute approximate surface area is 135 Å². The predicted octanol–water partition coefficient (Wildman–Crippen LogP) is 4.56. The third kappa shape index (κ3) is 3.25. The Kier molecular flexibility index (Phi) is 4.78. The smallest absolute Gasteiger partial charge is 0.161 e. The van der Waals surface area contributed by atoms with Crippen molar-refractivity contribution in [1.29, 1.82) is 0 Å². The molecule has 2 aromatic rings. The molecule has 0 aliphatic carbocycles. The lowest BCUT2D eigenvalue weighted by molar-refractivity contribution is 1.06. The number of hydrogen-bond acceptors (Lipinski definition) is 3. The molecule has 0 amide bonds. The maximum absolute atomic E-state index is 4.62. The van der Waals surface area contributed by atoms with Crippen LogP contribution < -0.4 is 5.32 Å². The van der Waals surface area contributed by atoms with Crippen molar-refractivity contribution in [3.8, 4) is 11.4 Å². The number of nitrogens with zero attached hydrogens (tertiary/aromatic N) is 2. The number of hydrogen-bond donors (Lipinski definition) is 1. The maximum Gasteiger partial charge on any atom is 0.161 e. The first-order valence-electron chi connectivity index (χ1n) is 6.07. The number of rotatable bonds is 3. The van der Waals surface area contributed by atoms with Gasteiger partial charge in [-0.3, -0.25) is 0 Å². The fourth-order valence-electron chi connectivity index (χ4n) is 1.76. The highest BCUT2D eigenvalue weighted by Crippen LogP contribution is 2.26. The van der Waals surface area contributed by atoms with E-state index in [2.05, 4.69) is 73.7 Å². The van der Waals surface area contributed by atoms with Gasteiger partial charge < -0.3 is 5.32 Å². The molecule has 19 heavy (non-hydrogen) atoms. The molecule has 0 bridgehead atoms. The molecule has 1 aromatic carbocycles. The summed E-state index contributed by atoms with van der Waals surface area (Å²) in [5, 5.41) is 3.28. The van der Waals surface area contributed by atoms with E-state index in [1.54, 1.807) is 0 Å². The van der Waals surface area contributed by atoms with E-state index in [9.17, 15) is 0 Å². The molecule has 5 heteroatoms. The summed E-state index contributed by atoms with van der Waals surface area (Å²) in [6, 6.07) is 6.17. The van der Waals surface area contributed by atoms with Crippen LogP contribution in [0.4, 0.5) is 5.82 Å². The first kappa shape index (κ1) is 14.7. The lowest BCUT2D eigenvalue weighted by atomic mass is 10.1. The van der Waals surface area contributed by atoms with Crippen molar-refractivity contribution in [2.45, 2.75) is 20.8 Å². The van der Waals surface area contributed by atoms with Gasteiger partial charge >= 0.3 is 0 Å². The van der Waals surface area contributed by atoms with Crippen LogP contribution in [0.3, 0.4) is 0 Å². The second kappa shape index (κ2) is 6.17. The SMILES string of the molecule is CCNc1nc(-c2ccc(Br)c(C)c2)nc(C)c1I. The molecule has 0 saturated carbocycles. The van der Waals surface area contributed by atoms with Gasteiger partial charge in [0.1, 0.15) is 5.82 Å². The van der Waals surface area contributed by atoms with Gasteiger partial charge in [0.15, 0.2) is 5.82 Å². The summed E-state index contributed by atoms with van der Waals surface area (Å²) >= 11 is 5.79. The van der Waals surface area contributed by atoms with Gasteiger partial charge in [0.25, 0.3) is 0 Å². The molecule has 0 aliphatic heterocycles. The molecule has 1 heterocycles. The van der Waals surface area contributed by atoms with Crippen molar-refractivity contribution in [2.24, 2.45) is 0 Å². The topological polar surface area (TPSA) is 37.8 Å². The van der Waals surface area contributed by atoms with Crippen LogP contribution in [0.1, 0.15) is 18.2 Å². The fraction of sp³-hybridized carbons (Fsp3) is 0.286. The molecule has 3 nitrogen and oxygen atoms in total. The van der Waals surface area contributed by atoms with Crippen LogP contribution in [-0.2, 0) is 0 Å². The summed E-state index contributed by atoms with van der Waals surface area (Å²) in [6.45, 7) is 7.00. The van der Waals surface area contributed by atoms with Gasteiger partial charge in [0, 0.05) is 16.6 Å². The van der Waals surface area contributed by atoms with Gasteiger partial charge in [-0.2, -0.15) is 0 Å². The molecular weight excluding hydrogens is 417 g/mol. The highest BCUT2D eigenvalue weighted by molar-refractivity contribution is 14.1. The number of benzene rings is 1. The molecule has 0 saturated heterocycles. The second-order valence-corrected chi connectivity index (χ2v) is 6.22. The van der Waals surface area contributed by atoms with Crippen LogP contribution in [0.15, 0.2) is 22.7 Å². The maximum atomic E-state index is 4.62. The van der Waals surface area contributed by atoms with E-state index in [0.29, 0.717) is 0 Å². The van der Waals surface area contributed by atoms with E-state index in [-0.39, 0.29) is 0 Å². The minimum Gasteiger partial charge on any atom is -0.369 e. The summed E-state index contributed by atoms with van der Waals surface area (Å²) in [5.41, 5.74) is 3.23. The third-order valence-electron chi connectivity index (χ3n) is 2.78. The van der Waals surface area contributed by atoms with Crippen molar-refractivity contribution in [1.82, 2.24) is 9.97 Å². The summed E-state index contributed by atoms with van der Waals surface area (Å²) in [5.74, 6) is 1.68. The molecule has 0 radical (unpaired) electrons.